The molecule has 2 heterocycles. The van der Waals surface area contributed by atoms with Crippen LogP contribution in [0, 0.1) is 12.8 Å². The van der Waals surface area contributed by atoms with Crippen molar-refractivity contribution in [3.8, 4) is 0 Å². The topological polar surface area (TPSA) is 32.3 Å². The summed E-state index contributed by atoms with van der Waals surface area (Å²) in [7, 11) is 3.62. The van der Waals surface area contributed by atoms with Crippen molar-refractivity contribution in [1.29, 1.82) is 0 Å². The summed E-state index contributed by atoms with van der Waals surface area (Å²) in [5, 5.41) is 3.73. The van der Waals surface area contributed by atoms with Crippen LogP contribution in [0.1, 0.15) is 44.1 Å². The van der Waals surface area contributed by atoms with Gasteiger partial charge in [0.25, 0.3) is 5.91 Å². The van der Waals surface area contributed by atoms with E-state index in [1.165, 1.54) is 15.3 Å². The molecule has 0 fully saturated rings. The van der Waals surface area contributed by atoms with Gasteiger partial charge in [-0.05, 0) is 43.0 Å². The molecule has 1 N–H and O–H groups in total. The number of thiophene rings is 1. The monoisotopic (exact) mass is 338 g/mol. The average Bonchev–Trinajstić information content (AvgIpc) is 3.21. The molecule has 1 aliphatic carbocycles. The number of nitrogens with one attached hydrogen (secondary N) is 1. The van der Waals surface area contributed by atoms with Crippen LogP contribution in [-0.4, -0.2) is 24.9 Å². The maximum Gasteiger partial charge on any atom is 0.255 e. The lowest BCUT2D eigenvalue weighted by Gasteiger charge is -2.37. The smallest absolute Gasteiger partial charge is 0.255 e. The van der Waals surface area contributed by atoms with Crippen molar-refractivity contribution in [1.82, 2.24) is 4.90 Å². The zero-order chi connectivity index (χ0) is 16.8. The van der Waals surface area contributed by atoms with Crippen molar-refractivity contribution in [3.63, 3.8) is 0 Å². The Balaban J connectivity index is 1.83. The third-order valence-corrected chi connectivity index (χ3v) is 6.18. The van der Waals surface area contributed by atoms with Gasteiger partial charge in [-0.3, -0.25) is 4.79 Å². The van der Waals surface area contributed by atoms with E-state index in [9.17, 15) is 4.79 Å². The first-order valence-electron chi connectivity index (χ1n) is 8.40. The highest BCUT2D eigenvalue weighted by molar-refractivity contribution is 7.12. The summed E-state index contributed by atoms with van der Waals surface area (Å²) in [6.07, 6.45) is 5.70. The van der Waals surface area contributed by atoms with Gasteiger partial charge in [-0.25, -0.2) is 0 Å². The molecule has 24 heavy (non-hydrogen) atoms. The number of carbonyl (C=O) groups is 1. The highest BCUT2D eigenvalue weighted by Crippen LogP contribution is 2.51. The SMILES string of the molecule is Cc1ccc(C2Nc3c(C(=O)N(C)C)cccc3C3C=CCC32)s1. The van der Waals surface area contributed by atoms with Crippen LogP contribution >= 0.6 is 11.3 Å². The molecule has 0 radical (unpaired) electrons. The molecular weight excluding hydrogens is 316 g/mol. The Kier molecular flexibility index (Phi) is 3.72. The van der Waals surface area contributed by atoms with Crippen molar-refractivity contribution in [2.45, 2.75) is 25.3 Å². The third-order valence-electron chi connectivity index (χ3n) is 5.10. The molecule has 0 saturated heterocycles. The molecule has 0 bridgehead atoms. The highest BCUT2D eigenvalue weighted by Gasteiger charge is 2.39. The third kappa shape index (κ3) is 2.37. The van der Waals surface area contributed by atoms with Gasteiger partial charge < -0.3 is 10.2 Å². The fourth-order valence-corrected chi connectivity index (χ4v) is 4.95. The standard InChI is InChI=1S/C20H22N2OS/c1-12-10-11-17(24-12)19-15-8-4-6-13(15)14-7-5-9-16(18(14)21-19)20(23)22(2)3/h4-7,9-11,13,15,19,21H,8H2,1-3H3. The summed E-state index contributed by atoms with van der Waals surface area (Å²) in [5.41, 5.74) is 3.04. The van der Waals surface area contributed by atoms with E-state index in [1.807, 2.05) is 37.6 Å². The van der Waals surface area contributed by atoms with Gasteiger partial charge in [-0.15, -0.1) is 11.3 Å². The summed E-state index contributed by atoms with van der Waals surface area (Å²) >= 11 is 1.85. The van der Waals surface area contributed by atoms with Gasteiger partial charge in [0.15, 0.2) is 0 Å². The molecule has 3 nitrogen and oxygen atoms in total. The Hall–Kier alpha value is -2.07. The number of benzene rings is 1. The number of para-hydroxylation sites is 1. The first kappa shape index (κ1) is 15.5. The lowest BCUT2D eigenvalue weighted by molar-refractivity contribution is 0.0828. The number of fused-ring (bicyclic) bond motifs is 3. The first-order valence-corrected chi connectivity index (χ1v) is 9.22. The van der Waals surface area contributed by atoms with E-state index >= 15 is 0 Å². The van der Waals surface area contributed by atoms with Gasteiger partial charge in [0.2, 0.25) is 0 Å². The van der Waals surface area contributed by atoms with E-state index in [2.05, 4.69) is 42.6 Å². The molecule has 124 valence electrons. The fraction of sp³-hybridized carbons (Fsp3) is 0.350. The van der Waals surface area contributed by atoms with Crippen LogP contribution < -0.4 is 5.32 Å². The van der Waals surface area contributed by atoms with Crippen LogP contribution in [0.2, 0.25) is 0 Å². The molecule has 2 aromatic rings. The maximum atomic E-state index is 12.6. The van der Waals surface area contributed by atoms with Gasteiger partial charge >= 0.3 is 0 Å². The number of rotatable bonds is 2. The summed E-state index contributed by atoms with van der Waals surface area (Å²) in [5.74, 6) is 0.977. The summed E-state index contributed by atoms with van der Waals surface area (Å²) in [4.78, 5) is 17.0. The molecule has 0 saturated carbocycles. The number of carbonyl (C=O) groups excluding carboxylic acids is 1. The largest absolute Gasteiger partial charge is 0.376 e. The van der Waals surface area contributed by atoms with Gasteiger partial charge in [0, 0.05) is 29.8 Å². The van der Waals surface area contributed by atoms with E-state index in [-0.39, 0.29) is 11.9 Å². The average molecular weight is 338 g/mol. The Morgan fingerprint density at radius 1 is 1.25 bits per heavy atom. The Bertz CT molecular complexity index is 821. The Morgan fingerprint density at radius 2 is 2.08 bits per heavy atom. The zero-order valence-corrected chi connectivity index (χ0v) is 15.1. The lowest BCUT2D eigenvalue weighted by atomic mass is 9.78. The molecule has 3 unspecified atom stereocenters. The fourth-order valence-electron chi connectivity index (χ4n) is 3.94. The van der Waals surface area contributed by atoms with E-state index < -0.39 is 0 Å². The van der Waals surface area contributed by atoms with Crippen molar-refractivity contribution >= 4 is 22.9 Å². The van der Waals surface area contributed by atoms with Crippen molar-refractivity contribution in [3.05, 3.63) is 63.4 Å². The van der Waals surface area contributed by atoms with E-state index in [1.54, 1.807) is 4.90 Å². The summed E-state index contributed by atoms with van der Waals surface area (Å²) in [6, 6.07) is 10.8. The van der Waals surface area contributed by atoms with Crippen molar-refractivity contribution < 1.29 is 4.79 Å². The van der Waals surface area contributed by atoms with Crippen LogP contribution in [0.4, 0.5) is 5.69 Å². The molecule has 1 aromatic carbocycles. The van der Waals surface area contributed by atoms with Crippen LogP contribution in [0.25, 0.3) is 0 Å². The molecule has 4 heteroatoms. The van der Waals surface area contributed by atoms with Gasteiger partial charge in [0.05, 0.1) is 17.3 Å². The number of hydrogen-bond donors (Lipinski definition) is 1. The molecule has 2 aliphatic rings. The van der Waals surface area contributed by atoms with E-state index in [4.69, 9.17) is 0 Å². The maximum absolute atomic E-state index is 12.6. The second-order valence-electron chi connectivity index (χ2n) is 6.89. The van der Waals surface area contributed by atoms with Crippen LogP contribution in [-0.2, 0) is 0 Å². The minimum absolute atomic E-state index is 0.0564. The predicted molar refractivity (Wildman–Crippen MR) is 99.9 cm³/mol. The molecule has 4 rings (SSSR count). The van der Waals surface area contributed by atoms with Crippen LogP contribution in [0.5, 0.6) is 0 Å². The predicted octanol–water partition coefficient (Wildman–Crippen LogP) is 4.58. The number of allylic oxidation sites excluding steroid dienone is 2. The van der Waals surface area contributed by atoms with Crippen LogP contribution in [0.15, 0.2) is 42.5 Å². The normalized spacial score (nSPS) is 24.2. The molecular formula is C20H22N2OS. The minimum atomic E-state index is 0.0564. The van der Waals surface area contributed by atoms with Crippen molar-refractivity contribution in [2.24, 2.45) is 5.92 Å². The number of aryl methyl sites for hydroxylation is 1. The van der Waals surface area contributed by atoms with Gasteiger partial charge in [-0.2, -0.15) is 0 Å². The quantitative estimate of drug-likeness (QED) is 0.813. The van der Waals surface area contributed by atoms with E-state index in [0.717, 1.165) is 17.7 Å². The second-order valence-corrected chi connectivity index (χ2v) is 8.21. The van der Waals surface area contributed by atoms with Gasteiger partial charge in [0.1, 0.15) is 0 Å². The summed E-state index contributed by atoms with van der Waals surface area (Å²) in [6.45, 7) is 2.15. The zero-order valence-electron chi connectivity index (χ0n) is 14.2. The van der Waals surface area contributed by atoms with E-state index in [0.29, 0.717) is 11.8 Å². The highest BCUT2D eigenvalue weighted by atomic mass is 32.1. The number of hydrogen-bond acceptors (Lipinski definition) is 3. The molecule has 1 aromatic heterocycles. The lowest BCUT2D eigenvalue weighted by Crippen LogP contribution is -2.31. The number of nitrogens with zero attached hydrogens (tertiary/aromatic N) is 1. The molecule has 3 atom stereocenters. The second kappa shape index (κ2) is 5.78. The minimum Gasteiger partial charge on any atom is -0.376 e. The molecule has 0 spiro atoms. The first-order chi connectivity index (χ1) is 11.6. The Labute approximate surface area is 147 Å². The van der Waals surface area contributed by atoms with Crippen LogP contribution in [0.3, 0.4) is 0 Å². The number of anilines is 1. The number of amides is 1. The Morgan fingerprint density at radius 3 is 2.79 bits per heavy atom. The molecule has 1 amide bonds. The molecule has 1 aliphatic heterocycles. The summed E-state index contributed by atoms with van der Waals surface area (Å²) < 4.78 is 0. The van der Waals surface area contributed by atoms with Gasteiger partial charge in [-0.1, -0.05) is 24.3 Å². The van der Waals surface area contributed by atoms with Crippen molar-refractivity contribution in [2.75, 3.05) is 19.4 Å².